The lowest BCUT2D eigenvalue weighted by Gasteiger charge is -2.28. The Hall–Kier alpha value is -2.68. The van der Waals surface area contributed by atoms with Crippen LogP contribution >= 0.6 is 10.3 Å². The van der Waals surface area contributed by atoms with Crippen molar-refractivity contribution in [2.45, 2.75) is 6.92 Å². The van der Waals surface area contributed by atoms with Crippen LogP contribution in [0.4, 0.5) is 0 Å². The maximum absolute atomic E-state index is 12.1. The van der Waals surface area contributed by atoms with Gasteiger partial charge in [0.15, 0.2) is 5.17 Å². The minimum atomic E-state index is -2.76. The average Bonchev–Trinajstić information content (AvgIpc) is 2.75. The highest BCUT2D eigenvalue weighted by Crippen LogP contribution is 2.57. The molecule has 1 heterocycles. The van der Waals surface area contributed by atoms with Gasteiger partial charge in [-0.25, -0.2) is 4.99 Å². The summed E-state index contributed by atoms with van der Waals surface area (Å²) in [6.45, 7) is 1.14. The van der Waals surface area contributed by atoms with E-state index in [-0.39, 0.29) is 10.2 Å². The van der Waals surface area contributed by atoms with E-state index in [0.29, 0.717) is 5.56 Å². The molecule has 8 nitrogen and oxygen atoms in total. The number of nitro groups is 1. The lowest BCUT2D eigenvalue weighted by molar-refractivity contribution is -0.411. The number of amides is 1. The third-order valence-electron chi connectivity index (χ3n) is 2.78. The number of carbonyl (C=O) groups excluding carboxylic acids is 2. The molecule has 116 valence electrons. The van der Waals surface area contributed by atoms with Gasteiger partial charge in [-0.15, -0.1) is 0 Å². The topological polar surface area (TPSA) is 111 Å². The molecule has 0 aliphatic carbocycles. The molecule has 0 fully saturated rings. The number of benzene rings is 1. The minimum Gasteiger partial charge on any atom is -0.398 e. The predicted octanol–water partition coefficient (Wildman–Crippen LogP) is 1.77. The largest absolute Gasteiger partial charge is 0.398 e. The van der Waals surface area contributed by atoms with E-state index in [1.165, 1.54) is 6.26 Å². The van der Waals surface area contributed by atoms with Crippen molar-refractivity contribution >= 4 is 27.4 Å². The summed E-state index contributed by atoms with van der Waals surface area (Å²) in [7, 11) is -2.76. The molecule has 0 bridgehead atoms. The van der Waals surface area contributed by atoms with Gasteiger partial charge in [0.1, 0.15) is 6.20 Å². The minimum absolute atomic E-state index is 0.0248. The molecule has 1 unspecified atom stereocenters. The molecule has 0 saturated carbocycles. The van der Waals surface area contributed by atoms with Crippen LogP contribution in [0.3, 0.4) is 0 Å². The van der Waals surface area contributed by atoms with E-state index in [9.17, 15) is 19.7 Å². The second-order valence-corrected chi connectivity index (χ2v) is 7.06. The fourth-order valence-electron chi connectivity index (χ4n) is 1.81. The Morgan fingerprint density at radius 3 is 2.50 bits per heavy atom. The van der Waals surface area contributed by atoms with E-state index in [1.807, 2.05) is 0 Å². The number of aliphatic imine (C=N–C) groups is 1. The number of carbonyl (C=O) groups is 2. The summed E-state index contributed by atoms with van der Waals surface area (Å²) in [5.41, 5.74) is 0.365. The molecule has 1 aliphatic heterocycles. The summed E-state index contributed by atoms with van der Waals surface area (Å²) in [6, 6.07) is 8.30. The second kappa shape index (κ2) is 5.98. The standard InChI is InChI=1S/C13H13N3O5S/c1-9(17)21-22(2)11(16(19)20)8-14-13(22)15-12(18)10-6-4-3-5-7-10/h3-8H,1-2H3,(H,14,15,18). The highest BCUT2D eigenvalue weighted by molar-refractivity contribution is 8.44. The van der Waals surface area contributed by atoms with Crippen LogP contribution in [0.25, 0.3) is 0 Å². The quantitative estimate of drug-likeness (QED) is 0.673. The van der Waals surface area contributed by atoms with Crippen molar-refractivity contribution in [2.75, 3.05) is 6.26 Å². The lowest BCUT2D eigenvalue weighted by Crippen LogP contribution is -2.35. The molecule has 9 heteroatoms. The molecule has 1 aliphatic rings. The highest BCUT2D eigenvalue weighted by Gasteiger charge is 2.46. The Labute approximate surface area is 127 Å². The average molecular weight is 323 g/mol. The molecular formula is C13H13N3O5S. The van der Waals surface area contributed by atoms with Gasteiger partial charge in [0.05, 0.1) is 15.2 Å². The van der Waals surface area contributed by atoms with E-state index in [4.69, 9.17) is 4.18 Å². The Morgan fingerprint density at radius 1 is 1.32 bits per heavy atom. The van der Waals surface area contributed by atoms with Gasteiger partial charge in [0.25, 0.3) is 5.91 Å². The maximum atomic E-state index is 12.1. The van der Waals surface area contributed by atoms with Gasteiger partial charge in [0, 0.05) is 18.7 Å². The van der Waals surface area contributed by atoms with E-state index in [0.717, 1.165) is 13.1 Å². The van der Waals surface area contributed by atoms with Crippen molar-refractivity contribution in [1.82, 2.24) is 5.32 Å². The monoisotopic (exact) mass is 323 g/mol. The molecule has 0 radical (unpaired) electrons. The number of amidine groups is 1. The van der Waals surface area contributed by atoms with Gasteiger partial charge in [-0.1, -0.05) is 18.2 Å². The number of hydrogen-bond donors (Lipinski definition) is 1. The number of nitrogens with one attached hydrogen (secondary N) is 1. The summed E-state index contributed by atoms with van der Waals surface area (Å²) in [6.07, 6.45) is 2.39. The summed E-state index contributed by atoms with van der Waals surface area (Å²) >= 11 is 0. The molecule has 1 atom stereocenters. The lowest BCUT2D eigenvalue weighted by atomic mass is 10.2. The first kappa shape index (κ1) is 15.7. The van der Waals surface area contributed by atoms with Crippen LogP contribution in [-0.4, -0.2) is 28.2 Å². The predicted molar refractivity (Wildman–Crippen MR) is 81.7 cm³/mol. The van der Waals surface area contributed by atoms with E-state index < -0.39 is 27.1 Å². The third-order valence-corrected chi connectivity index (χ3v) is 5.35. The zero-order chi connectivity index (χ0) is 16.3. The number of rotatable bonds is 3. The van der Waals surface area contributed by atoms with E-state index in [2.05, 4.69) is 10.3 Å². The fourth-order valence-corrected chi connectivity index (χ4v) is 3.72. The maximum Gasteiger partial charge on any atom is 0.342 e. The van der Waals surface area contributed by atoms with Crippen LogP contribution in [0, 0.1) is 10.1 Å². The Balaban J connectivity index is 2.26. The van der Waals surface area contributed by atoms with Crippen molar-refractivity contribution in [1.29, 1.82) is 0 Å². The molecule has 0 aromatic heterocycles. The number of nitrogens with zero attached hydrogens (tertiary/aromatic N) is 2. The SMILES string of the molecule is CC(=O)OS1(C)C([N+](=O)[O-])=CN=C1NC(=O)c1ccccc1. The third kappa shape index (κ3) is 2.98. The van der Waals surface area contributed by atoms with Crippen LogP contribution in [0.1, 0.15) is 17.3 Å². The van der Waals surface area contributed by atoms with Crippen molar-refractivity contribution < 1.29 is 18.7 Å². The van der Waals surface area contributed by atoms with Crippen molar-refractivity contribution in [3.05, 3.63) is 57.2 Å². The molecule has 0 saturated heterocycles. The number of hydrogen-bond acceptors (Lipinski definition) is 6. The summed E-state index contributed by atoms with van der Waals surface area (Å²) in [4.78, 5) is 37.7. The van der Waals surface area contributed by atoms with Crippen LogP contribution in [0.2, 0.25) is 0 Å². The van der Waals surface area contributed by atoms with E-state index >= 15 is 0 Å². The van der Waals surface area contributed by atoms with Gasteiger partial charge in [-0.05, 0) is 12.1 Å². The zero-order valence-electron chi connectivity index (χ0n) is 11.8. The first-order valence-corrected chi connectivity index (χ1v) is 8.08. The summed E-state index contributed by atoms with van der Waals surface area (Å²) in [5, 5.41) is 13.2. The second-order valence-electron chi connectivity index (χ2n) is 4.40. The van der Waals surface area contributed by atoms with Crippen molar-refractivity contribution in [3.8, 4) is 0 Å². The molecule has 1 aromatic rings. The first-order valence-electron chi connectivity index (χ1n) is 6.12. The van der Waals surface area contributed by atoms with Gasteiger partial charge in [-0.3, -0.25) is 25.0 Å². The molecule has 1 N–H and O–H groups in total. The summed E-state index contributed by atoms with van der Waals surface area (Å²) in [5.74, 6) is -1.17. The molecule has 22 heavy (non-hydrogen) atoms. The Bertz CT molecular complexity index is 701. The van der Waals surface area contributed by atoms with Gasteiger partial charge in [-0.2, -0.15) is 0 Å². The van der Waals surface area contributed by atoms with Crippen LogP contribution in [-0.2, 0) is 8.98 Å². The van der Waals surface area contributed by atoms with Gasteiger partial charge >= 0.3 is 11.0 Å². The smallest absolute Gasteiger partial charge is 0.342 e. The van der Waals surface area contributed by atoms with E-state index in [1.54, 1.807) is 30.3 Å². The molecule has 1 amide bonds. The first-order chi connectivity index (χ1) is 10.3. The Morgan fingerprint density at radius 2 is 1.95 bits per heavy atom. The molecule has 2 rings (SSSR count). The zero-order valence-corrected chi connectivity index (χ0v) is 12.6. The molecular weight excluding hydrogens is 310 g/mol. The van der Waals surface area contributed by atoms with Crippen LogP contribution in [0.15, 0.2) is 46.6 Å². The molecule has 0 spiro atoms. The van der Waals surface area contributed by atoms with Crippen molar-refractivity contribution in [3.63, 3.8) is 0 Å². The summed E-state index contributed by atoms with van der Waals surface area (Å²) < 4.78 is 5.11. The van der Waals surface area contributed by atoms with Gasteiger partial charge in [0.2, 0.25) is 0 Å². The van der Waals surface area contributed by atoms with Gasteiger partial charge < -0.3 is 4.18 Å². The van der Waals surface area contributed by atoms with Crippen LogP contribution in [0.5, 0.6) is 0 Å². The van der Waals surface area contributed by atoms with Crippen LogP contribution < -0.4 is 5.32 Å². The molecule has 1 aromatic carbocycles. The normalized spacial score (nSPS) is 22.8. The van der Waals surface area contributed by atoms with Crippen molar-refractivity contribution in [2.24, 2.45) is 4.99 Å². The fraction of sp³-hybridized carbons (Fsp3) is 0.154. The Kier molecular flexibility index (Phi) is 4.27. The highest BCUT2D eigenvalue weighted by atomic mass is 32.3.